The van der Waals surface area contributed by atoms with Crippen LogP contribution >= 0.6 is 23.1 Å². The Kier molecular flexibility index (Phi) is 3.03. The summed E-state index contributed by atoms with van der Waals surface area (Å²) in [6, 6.07) is 0.115. The Labute approximate surface area is 102 Å². The Balaban J connectivity index is 2.82. The quantitative estimate of drug-likeness (QED) is 0.773. The molecule has 2 heterocycles. The van der Waals surface area contributed by atoms with Gasteiger partial charge in [0, 0.05) is 6.04 Å². The van der Waals surface area contributed by atoms with Crippen molar-refractivity contribution in [2.45, 2.75) is 31.2 Å². The van der Waals surface area contributed by atoms with Crippen molar-refractivity contribution in [2.75, 3.05) is 6.26 Å². The third kappa shape index (κ3) is 1.76. The number of thiazole rings is 1. The predicted molar refractivity (Wildman–Crippen MR) is 68.6 cm³/mol. The number of fused-ring (bicyclic) bond motifs is 1. The number of thioether (sulfide) groups is 1. The van der Waals surface area contributed by atoms with Crippen LogP contribution in [0.25, 0.3) is 10.3 Å². The standard InChI is InChI=1S/C10H13N3OS2/c1-5(2)13-6(3)11-8-7(9(13)14)12-10(15-4)16-8/h5H,1-4H3. The lowest BCUT2D eigenvalue weighted by molar-refractivity contribution is 0.554. The molecule has 0 amide bonds. The molecule has 2 rings (SSSR count). The number of nitrogens with zero attached hydrogens (tertiary/aromatic N) is 3. The Hall–Kier alpha value is -0.880. The fraction of sp³-hybridized carbons (Fsp3) is 0.500. The maximum atomic E-state index is 12.2. The minimum atomic E-state index is -0.0333. The summed E-state index contributed by atoms with van der Waals surface area (Å²) in [6.45, 7) is 5.81. The van der Waals surface area contributed by atoms with Crippen LogP contribution in [0, 0.1) is 6.92 Å². The zero-order valence-corrected chi connectivity index (χ0v) is 11.3. The highest BCUT2D eigenvalue weighted by molar-refractivity contribution is 8.00. The molecular formula is C10H13N3OS2. The van der Waals surface area contributed by atoms with Gasteiger partial charge in [0.2, 0.25) is 0 Å². The largest absolute Gasteiger partial charge is 0.292 e. The molecule has 0 aliphatic carbocycles. The summed E-state index contributed by atoms with van der Waals surface area (Å²) < 4.78 is 2.58. The fourth-order valence-electron chi connectivity index (χ4n) is 1.67. The van der Waals surface area contributed by atoms with E-state index in [9.17, 15) is 4.79 Å². The van der Waals surface area contributed by atoms with Crippen molar-refractivity contribution in [1.82, 2.24) is 14.5 Å². The van der Waals surface area contributed by atoms with Crippen LogP contribution < -0.4 is 5.56 Å². The lowest BCUT2D eigenvalue weighted by Gasteiger charge is -2.11. The van der Waals surface area contributed by atoms with Crippen molar-refractivity contribution >= 4 is 33.4 Å². The van der Waals surface area contributed by atoms with Crippen molar-refractivity contribution in [3.8, 4) is 0 Å². The summed E-state index contributed by atoms with van der Waals surface area (Å²) in [5.74, 6) is 0.754. The van der Waals surface area contributed by atoms with E-state index in [0.717, 1.165) is 15.0 Å². The first-order valence-corrected chi connectivity index (χ1v) is 7.02. The summed E-state index contributed by atoms with van der Waals surface area (Å²) >= 11 is 3.02. The van der Waals surface area contributed by atoms with E-state index in [4.69, 9.17) is 0 Å². The molecule has 2 aromatic rings. The molecule has 86 valence electrons. The molecule has 16 heavy (non-hydrogen) atoms. The summed E-state index contributed by atoms with van der Waals surface area (Å²) in [5.41, 5.74) is 0.461. The van der Waals surface area contributed by atoms with Crippen LogP contribution in [-0.2, 0) is 0 Å². The molecule has 0 atom stereocenters. The first kappa shape index (κ1) is 11.6. The Morgan fingerprint density at radius 2 is 2.06 bits per heavy atom. The number of rotatable bonds is 2. The van der Waals surface area contributed by atoms with Crippen molar-refractivity contribution in [2.24, 2.45) is 0 Å². The van der Waals surface area contributed by atoms with E-state index >= 15 is 0 Å². The molecule has 2 aromatic heterocycles. The first-order valence-electron chi connectivity index (χ1n) is 4.98. The fourth-order valence-corrected chi connectivity index (χ4v) is 3.13. The van der Waals surface area contributed by atoms with E-state index in [1.807, 2.05) is 27.0 Å². The van der Waals surface area contributed by atoms with Gasteiger partial charge >= 0.3 is 0 Å². The molecule has 0 unspecified atom stereocenters. The SMILES string of the molecule is CSc1nc2c(=O)n(C(C)C)c(C)nc2s1. The van der Waals surface area contributed by atoms with Gasteiger partial charge < -0.3 is 0 Å². The highest BCUT2D eigenvalue weighted by Gasteiger charge is 2.14. The van der Waals surface area contributed by atoms with Gasteiger partial charge in [0.25, 0.3) is 5.56 Å². The van der Waals surface area contributed by atoms with Gasteiger partial charge in [-0.2, -0.15) is 0 Å². The molecule has 0 fully saturated rings. The predicted octanol–water partition coefficient (Wildman–Crippen LogP) is 2.46. The van der Waals surface area contributed by atoms with Gasteiger partial charge in [-0.25, -0.2) is 9.97 Å². The van der Waals surface area contributed by atoms with E-state index in [1.54, 1.807) is 16.3 Å². The molecule has 0 aliphatic heterocycles. The van der Waals surface area contributed by atoms with E-state index < -0.39 is 0 Å². The van der Waals surface area contributed by atoms with E-state index in [0.29, 0.717) is 5.52 Å². The Morgan fingerprint density at radius 1 is 1.38 bits per heavy atom. The summed E-state index contributed by atoms with van der Waals surface area (Å²) in [4.78, 5) is 21.6. The number of hydrogen-bond donors (Lipinski definition) is 0. The average molecular weight is 255 g/mol. The second-order valence-corrected chi connectivity index (χ2v) is 5.80. The third-order valence-electron chi connectivity index (χ3n) is 2.31. The Bertz CT molecular complexity index is 585. The smallest absolute Gasteiger partial charge is 0.281 e. The monoisotopic (exact) mass is 255 g/mol. The van der Waals surface area contributed by atoms with Gasteiger partial charge in [-0.1, -0.05) is 23.1 Å². The minimum absolute atomic E-state index is 0.0333. The van der Waals surface area contributed by atoms with Crippen molar-refractivity contribution in [3.63, 3.8) is 0 Å². The van der Waals surface area contributed by atoms with E-state index in [2.05, 4.69) is 9.97 Å². The second kappa shape index (κ2) is 4.18. The van der Waals surface area contributed by atoms with Crippen LogP contribution in [0.4, 0.5) is 0 Å². The zero-order valence-electron chi connectivity index (χ0n) is 9.64. The highest BCUT2D eigenvalue weighted by atomic mass is 32.2. The van der Waals surface area contributed by atoms with Crippen LogP contribution in [0.15, 0.2) is 9.13 Å². The zero-order chi connectivity index (χ0) is 11.9. The number of hydrogen-bond acceptors (Lipinski definition) is 5. The van der Waals surface area contributed by atoms with Gasteiger partial charge in [0.15, 0.2) is 14.7 Å². The van der Waals surface area contributed by atoms with E-state index in [1.165, 1.54) is 11.3 Å². The third-order valence-corrected chi connectivity index (χ3v) is 4.25. The van der Waals surface area contributed by atoms with Gasteiger partial charge in [0.05, 0.1) is 0 Å². The van der Waals surface area contributed by atoms with E-state index in [-0.39, 0.29) is 11.6 Å². The molecular weight excluding hydrogens is 242 g/mol. The molecule has 0 spiro atoms. The van der Waals surface area contributed by atoms with Crippen LogP contribution in [-0.4, -0.2) is 20.8 Å². The molecule has 6 heteroatoms. The highest BCUT2D eigenvalue weighted by Crippen LogP contribution is 2.25. The Morgan fingerprint density at radius 3 is 2.62 bits per heavy atom. The molecule has 4 nitrogen and oxygen atoms in total. The van der Waals surface area contributed by atoms with Crippen molar-refractivity contribution < 1.29 is 0 Å². The first-order chi connectivity index (χ1) is 7.54. The molecule has 0 saturated heterocycles. The van der Waals surface area contributed by atoms with Crippen LogP contribution in [0.3, 0.4) is 0 Å². The van der Waals surface area contributed by atoms with Gasteiger partial charge in [-0.05, 0) is 27.0 Å². The maximum Gasteiger partial charge on any atom is 0.281 e. The number of aromatic nitrogens is 3. The van der Waals surface area contributed by atoms with Crippen molar-refractivity contribution in [3.05, 3.63) is 16.2 Å². The molecule has 0 aromatic carbocycles. The van der Waals surface area contributed by atoms with Crippen molar-refractivity contribution in [1.29, 1.82) is 0 Å². The molecule has 0 radical (unpaired) electrons. The minimum Gasteiger partial charge on any atom is -0.292 e. The summed E-state index contributed by atoms with van der Waals surface area (Å²) in [7, 11) is 0. The van der Waals surface area contributed by atoms with Gasteiger partial charge in [-0.15, -0.1) is 0 Å². The summed E-state index contributed by atoms with van der Waals surface area (Å²) in [6.07, 6.45) is 1.95. The van der Waals surface area contributed by atoms with Gasteiger partial charge in [0.1, 0.15) is 5.82 Å². The lowest BCUT2D eigenvalue weighted by Crippen LogP contribution is -2.25. The topological polar surface area (TPSA) is 47.8 Å². The molecule has 0 N–H and O–H groups in total. The average Bonchev–Trinajstić information content (AvgIpc) is 2.60. The second-order valence-electron chi connectivity index (χ2n) is 3.77. The van der Waals surface area contributed by atoms with Crippen LogP contribution in [0.2, 0.25) is 0 Å². The molecule has 0 saturated carbocycles. The number of aryl methyl sites for hydroxylation is 1. The van der Waals surface area contributed by atoms with Crippen LogP contribution in [0.1, 0.15) is 25.7 Å². The maximum absolute atomic E-state index is 12.2. The lowest BCUT2D eigenvalue weighted by atomic mass is 10.3. The normalized spacial score (nSPS) is 11.6. The van der Waals surface area contributed by atoms with Crippen LogP contribution in [0.5, 0.6) is 0 Å². The molecule has 0 aliphatic rings. The summed E-state index contributed by atoms with van der Waals surface area (Å²) in [5, 5.41) is 0. The molecule has 0 bridgehead atoms. The van der Waals surface area contributed by atoms with Gasteiger partial charge in [-0.3, -0.25) is 9.36 Å².